The summed E-state index contributed by atoms with van der Waals surface area (Å²) < 4.78 is 12.4. The number of methoxy groups -OCH3 is 2. The van der Waals surface area contributed by atoms with E-state index in [0.717, 1.165) is 59.2 Å². The number of benzene rings is 1. The molecule has 28 heavy (non-hydrogen) atoms. The molecule has 1 N–H and O–H groups in total. The first-order valence-electron chi connectivity index (χ1n) is 9.72. The van der Waals surface area contributed by atoms with Gasteiger partial charge in [-0.25, -0.2) is 9.50 Å². The molecule has 1 fully saturated rings. The van der Waals surface area contributed by atoms with Crippen LogP contribution in [0.3, 0.4) is 0 Å². The summed E-state index contributed by atoms with van der Waals surface area (Å²) in [6.45, 7) is 2.20. The van der Waals surface area contributed by atoms with Crippen molar-refractivity contribution in [1.29, 1.82) is 0 Å². The average Bonchev–Trinajstić information content (AvgIpc) is 3.48. The number of hydrogen-bond donors (Lipinski definition) is 1. The third kappa shape index (κ3) is 3.05. The molecule has 1 saturated carbocycles. The highest BCUT2D eigenvalue weighted by molar-refractivity contribution is 5.44. The Balaban J connectivity index is 1.43. The van der Waals surface area contributed by atoms with Gasteiger partial charge in [-0.1, -0.05) is 0 Å². The maximum atomic E-state index is 13.1. The first kappa shape index (κ1) is 17.3. The van der Waals surface area contributed by atoms with Gasteiger partial charge in [-0.05, 0) is 30.5 Å². The summed E-state index contributed by atoms with van der Waals surface area (Å²) in [7, 11) is 3.31. The van der Waals surface area contributed by atoms with Gasteiger partial charge < -0.3 is 9.47 Å². The maximum Gasteiger partial charge on any atom is 0.277 e. The predicted molar refractivity (Wildman–Crippen MR) is 105 cm³/mol. The minimum atomic E-state index is 0.0276. The lowest BCUT2D eigenvalue weighted by molar-refractivity contribution is 0.241. The van der Waals surface area contributed by atoms with Crippen molar-refractivity contribution >= 4 is 5.65 Å². The van der Waals surface area contributed by atoms with E-state index in [9.17, 15) is 4.79 Å². The van der Waals surface area contributed by atoms with Gasteiger partial charge in [0.25, 0.3) is 5.56 Å². The molecule has 146 valence electrons. The first-order chi connectivity index (χ1) is 13.6. The Morgan fingerprint density at radius 2 is 1.89 bits per heavy atom. The number of H-pyrrole nitrogens is 1. The van der Waals surface area contributed by atoms with Crippen LogP contribution < -0.4 is 15.0 Å². The molecule has 1 aliphatic heterocycles. The van der Waals surface area contributed by atoms with E-state index in [-0.39, 0.29) is 5.56 Å². The van der Waals surface area contributed by atoms with Gasteiger partial charge in [0, 0.05) is 49.8 Å². The summed E-state index contributed by atoms with van der Waals surface area (Å²) in [6, 6.07) is 7.93. The van der Waals surface area contributed by atoms with Crippen molar-refractivity contribution in [2.45, 2.75) is 38.3 Å². The van der Waals surface area contributed by atoms with Gasteiger partial charge in [0.05, 0.1) is 25.5 Å². The molecule has 7 nitrogen and oxygen atoms in total. The minimum absolute atomic E-state index is 0.0276. The topological polar surface area (TPSA) is 71.9 Å². The van der Waals surface area contributed by atoms with Crippen molar-refractivity contribution in [2.24, 2.45) is 0 Å². The van der Waals surface area contributed by atoms with E-state index >= 15 is 0 Å². The molecule has 0 radical (unpaired) electrons. The van der Waals surface area contributed by atoms with Crippen LogP contribution in [0.4, 0.5) is 0 Å². The molecular formula is C21H24N4O3. The van der Waals surface area contributed by atoms with E-state index in [0.29, 0.717) is 12.5 Å². The highest BCUT2D eigenvalue weighted by Crippen LogP contribution is 2.39. The van der Waals surface area contributed by atoms with Crippen LogP contribution in [-0.2, 0) is 19.5 Å². The van der Waals surface area contributed by atoms with Gasteiger partial charge in [-0.15, -0.1) is 0 Å². The minimum Gasteiger partial charge on any atom is -0.497 e. The molecule has 0 amide bonds. The zero-order valence-electron chi connectivity index (χ0n) is 16.2. The van der Waals surface area contributed by atoms with Crippen molar-refractivity contribution in [3.8, 4) is 11.5 Å². The second-order valence-corrected chi connectivity index (χ2v) is 7.70. The number of nitrogens with zero attached hydrogens (tertiary/aromatic N) is 3. The highest BCUT2D eigenvalue weighted by atomic mass is 16.5. The van der Waals surface area contributed by atoms with Gasteiger partial charge in [-0.3, -0.25) is 14.8 Å². The number of aromatic nitrogens is 3. The van der Waals surface area contributed by atoms with Gasteiger partial charge >= 0.3 is 0 Å². The molecule has 0 saturated heterocycles. The summed E-state index contributed by atoms with van der Waals surface area (Å²) in [6.07, 6.45) is 3.17. The fourth-order valence-corrected chi connectivity index (χ4v) is 4.01. The lowest BCUT2D eigenvalue weighted by Gasteiger charge is -2.27. The number of hydrogen-bond acceptors (Lipinski definition) is 5. The third-order valence-electron chi connectivity index (χ3n) is 5.69. The molecule has 0 spiro atoms. The zero-order chi connectivity index (χ0) is 19.3. The molecule has 1 aliphatic carbocycles. The Morgan fingerprint density at radius 3 is 2.57 bits per heavy atom. The molecule has 2 aromatic heterocycles. The largest absolute Gasteiger partial charge is 0.497 e. The van der Waals surface area contributed by atoms with Gasteiger partial charge in [0.15, 0.2) is 5.65 Å². The lowest BCUT2D eigenvalue weighted by Crippen LogP contribution is -2.36. The quantitative estimate of drug-likeness (QED) is 0.736. The highest BCUT2D eigenvalue weighted by Gasteiger charge is 2.27. The van der Waals surface area contributed by atoms with Crippen LogP contribution >= 0.6 is 0 Å². The number of fused-ring (bicyclic) bond motifs is 2. The summed E-state index contributed by atoms with van der Waals surface area (Å²) in [5.74, 6) is 2.11. The molecule has 1 aromatic carbocycles. The van der Waals surface area contributed by atoms with Crippen molar-refractivity contribution < 1.29 is 9.47 Å². The molecule has 2 aliphatic rings. The molecular weight excluding hydrogens is 356 g/mol. The lowest BCUT2D eigenvalue weighted by atomic mass is 10.1. The average molecular weight is 380 g/mol. The molecule has 0 atom stereocenters. The SMILES string of the molecule is COc1cc(CN2CCc3nc4cc(C5CC5)[nH]n4c(=O)c3C2)cc(OC)c1. The third-order valence-corrected chi connectivity index (χ3v) is 5.69. The van der Waals surface area contributed by atoms with Crippen LogP contribution in [0, 0.1) is 0 Å². The fourth-order valence-electron chi connectivity index (χ4n) is 4.01. The fraction of sp³-hybridized carbons (Fsp3) is 0.429. The van der Waals surface area contributed by atoms with Crippen LogP contribution in [0.25, 0.3) is 5.65 Å². The first-order valence-corrected chi connectivity index (χ1v) is 9.72. The molecule has 3 aromatic rings. The van der Waals surface area contributed by atoms with Crippen molar-refractivity contribution in [2.75, 3.05) is 20.8 Å². The van der Waals surface area contributed by atoms with Gasteiger partial charge in [0.1, 0.15) is 11.5 Å². The Kier molecular flexibility index (Phi) is 4.12. The summed E-state index contributed by atoms with van der Waals surface area (Å²) in [5, 5.41) is 3.26. The van der Waals surface area contributed by atoms with Crippen molar-refractivity contribution in [1.82, 2.24) is 19.5 Å². The van der Waals surface area contributed by atoms with Crippen LogP contribution in [0.1, 0.15) is 41.3 Å². The molecule has 3 heterocycles. The number of nitrogens with one attached hydrogen (secondary N) is 1. The number of aromatic amines is 1. The predicted octanol–water partition coefficient (Wildman–Crippen LogP) is 2.48. The maximum absolute atomic E-state index is 13.1. The Morgan fingerprint density at radius 1 is 1.14 bits per heavy atom. The molecule has 0 bridgehead atoms. The van der Waals surface area contributed by atoms with Crippen molar-refractivity contribution in [3.63, 3.8) is 0 Å². The monoisotopic (exact) mass is 380 g/mol. The Hall–Kier alpha value is -2.80. The van der Waals surface area contributed by atoms with Crippen molar-refractivity contribution in [3.05, 3.63) is 57.1 Å². The molecule has 7 heteroatoms. The van der Waals surface area contributed by atoms with Gasteiger partial charge in [0.2, 0.25) is 0 Å². The standard InChI is InChI=1S/C21H24N4O3/c1-27-15-7-13(8-16(9-15)28-2)11-24-6-5-18-17(12-24)21(26)25-20(22-18)10-19(23-25)14-3-4-14/h7-10,14,23H,3-6,11-12H2,1-2H3. The number of ether oxygens (including phenoxy) is 2. The van der Waals surface area contributed by atoms with Crippen LogP contribution in [0.15, 0.2) is 29.1 Å². The van der Waals surface area contributed by atoms with E-state index in [1.807, 2.05) is 24.3 Å². The van der Waals surface area contributed by atoms with Crippen LogP contribution in [0.5, 0.6) is 11.5 Å². The second-order valence-electron chi connectivity index (χ2n) is 7.70. The summed E-state index contributed by atoms with van der Waals surface area (Å²) in [5.41, 5.74) is 4.74. The van der Waals surface area contributed by atoms with Crippen LogP contribution in [0.2, 0.25) is 0 Å². The molecule has 5 rings (SSSR count). The van der Waals surface area contributed by atoms with E-state index < -0.39 is 0 Å². The Labute approximate surface area is 162 Å². The smallest absolute Gasteiger partial charge is 0.277 e. The zero-order valence-corrected chi connectivity index (χ0v) is 16.2. The molecule has 0 unspecified atom stereocenters. The number of rotatable bonds is 5. The Bertz CT molecular complexity index is 1070. The van der Waals surface area contributed by atoms with Crippen LogP contribution in [-0.4, -0.2) is 40.3 Å². The normalized spacial score (nSPS) is 16.9. The summed E-state index contributed by atoms with van der Waals surface area (Å²) in [4.78, 5) is 20.1. The van der Waals surface area contributed by atoms with E-state index in [4.69, 9.17) is 14.5 Å². The van der Waals surface area contributed by atoms with Gasteiger partial charge in [-0.2, -0.15) is 0 Å². The van der Waals surface area contributed by atoms with E-state index in [1.54, 1.807) is 18.7 Å². The van der Waals surface area contributed by atoms with E-state index in [2.05, 4.69) is 10.00 Å². The second kappa shape index (κ2) is 6.67. The summed E-state index contributed by atoms with van der Waals surface area (Å²) >= 11 is 0. The van der Waals surface area contributed by atoms with E-state index in [1.165, 1.54) is 12.8 Å².